The molecule has 3 heterocycles. The van der Waals surface area contributed by atoms with Crippen molar-refractivity contribution >= 4 is 32.4 Å². The number of aromatic nitrogens is 3. The highest BCUT2D eigenvalue weighted by molar-refractivity contribution is 7.93. The quantitative estimate of drug-likeness (QED) is 0.287. The first kappa shape index (κ1) is 25.9. The van der Waals surface area contributed by atoms with Crippen molar-refractivity contribution in [3.63, 3.8) is 0 Å². The molecule has 1 aliphatic heterocycles. The zero-order valence-corrected chi connectivity index (χ0v) is 22.5. The standard InChI is InChI=1S/C28H32N6O3S/c1-18(2)38(35,36)34-25-10-4-8-22-21(25)12-11-19(3)26(22)37-27-23(9-6-15-30-27)24-13-16-31-28(33-24)32-20-7-5-14-29-17-20/h4,6,8-13,15-16,18,20,29,34H,5,7,14,17H2,1-3H3,(H,31,32,33)/t20-/m0/s1. The first-order chi connectivity index (χ1) is 18.3. The summed E-state index contributed by atoms with van der Waals surface area (Å²) in [6.45, 7) is 7.16. The number of benzene rings is 2. The van der Waals surface area contributed by atoms with Crippen LogP contribution in [0.2, 0.25) is 0 Å². The average molecular weight is 533 g/mol. The third kappa shape index (κ3) is 5.56. The van der Waals surface area contributed by atoms with Gasteiger partial charge < -0.3 is 15.4 Å². The second-order valence-corrected chi connectivity index (χ2v) is 12.0. The Bertz CT molecular complexity index is 1550. The summed E-state index contributed by atoms with van der Waals surface area (Å²) in [5, 5.41) is 7.78. The van der Waals surface area contributed by atoms with Crippen molar-refractivity contribution in [2.75, 3.05) is 23.1 Å². The smallest absolute Gasteiger partial charge is 0.235 e. The highest BCUT2D eigenvalue weighted by Gasteiger charge is 2.20. The number of piperidine rings is 1. The van der Waals surface area contributed by atoms with Gasteiger partial charge in [0.2, 0.25) is 21.9 Å². The maximum absolute atomic E-state index is 12.6. The van der Waals surface area contributed by atoms with Crippen molar-refractivity contribution < 1.29 is 13.2 Å². The third-order valence-corrected chi connectivity index (χ3v) is 8.36. The van der Waals surface area contributed by atoms with Gasteiger partial charge in [-0.3, -0.25) is 4.72 Å². The molecule has 1 atom stereocenters. The van der Waals surface area contributed by atoms with E-state index in [2.05, 4.69) is 25.3 Å². The molecule has 1 saturated heterocycles. The number of ether oxygens (including phenoxy) is 1. The van der Waals surface area contributed by atoms with E-state index in [0.29, 0.717) is 29.0 Å². The number of rotatable bonds is 8. The molecular formula is C28H32N6O3S. The largest absolute Gasteiger partial charge is 0.437 e. The summed E-state index contributed by atoms with van der Waals surface area (Å²) < 4.78 is 34.3. The molecule has 4 aromatic rings. The lowest BCUT2D eigenvalue weighted by atomic mass is 10.0. The van der Waals surface area contributed by atoms with E-state index in [-0.39, 0.29) is 6.04 Å². The van der Waals surface area contributed by atoms with E-state index >= 15 is 0 Å². The van der Waals surface area contributed by atoms with Crippen LogP contribution < -0.4 is 20.1 Å². The number of nitrogens with one attached hydrogen (secondary N) is 3. The average Bonchev–Trinajstić information content (AvgIpc) is 2.91. The van der Waals surface area contributed by atoms with Crippen molar-refractivity contribution in [1.29, 1.82) is 0 Å². The Morgan fingerprint density at radius 1 is 1.03 bits per heavy atom. The Morgan fingerprint density at radius 2 is 1.89 bits per heavy atom. The van der Waals surface area contributed by atoms with Gasteiger partial charge >= 0.3 is 0 Å². The number of fused-ring (bicyclic) bond motifs is 1. The summed E-state index contributed by atoms with van der Waals surface area (Å²) in [6, 6.07) is 15.2. The topological polar surface area (TPSA) is 118 Å². The fraction of sp³-hybridized carbons (Fsp3) is 0.321. The van der Waals surface area contributed by atoms with Crippen molar-refractivity contribution in [2.45, 2.75) is 44.9 Å². The number of aryl methyl sites for hydroxylation is 1. The second kappa shape index (κ2) is 10.9. The molecule has 3 N–H and O–H groups in total. The molecule has 0 unspecified atom stereocenters. The Hall–Kier alpha value is -3.76. The van der Waals surface area contributed by atoms with Gasteiger partial charge in [0.25, 0.3) is 0 Å². The number of hydrogen-bond acceptors (Lipinski definition) is 8. The number of hydrogen-bond donors (Lipinski definition) is 3. The van der Waals surface area contributed by atoms with Crippen LogP contribution in [0.3, 0.4) is 0 Å². The molecule has 1 fully saturated rings. The summed E-state index contributed by atoms with van der Waals surface area (Å²) >= 11 is 0. The van der Waals surface area contributed by atoms with Crippen molar-refractivity contribution in [3.05, 3.63) is 66.5 Å². The van der Waals surface area contributed by atoms with E-state index in [1.807, 2.05) is 49.4 Å². The molecule has 0 radical (unpaired) electrons. The molecule has 1 aliphatic rings. The molecule has 9 nitrogen and oxygen atoms in total. The van der Waals surface area contributed by atoms with Gasteiger partial charge in [0.05, 0.1) is 22.2 Å². The van der Waals surface area contributed by atoms with E-state index in [0.717, 1.165) is 47.8 Å². The Labute approximate surface area is 223 Å². The Kier molecular flexibility index (Phi) is 7.44. The van der Waals surface area contributed by atoms with Crippen LogP contribution in [0.5, 0.6) is 11.6 Å². The van der Waals surface area contributed by atoms with E-state index in [1.54, 1.807) is 32.3 Å². The highest BCUT2D eigenvalue weighted by atomic mass is 32.2. The minimum absolute atomic E-state index is 0.282. The van der Waals surface area contributed by atoms with Crippen molar-refractivity contribution in [1.82, 2.24) is 20.3 Å². The molecule has 2 aromatic carbocycles. The van der Waals surface area contributed by atoms with Gasteiger partial charge in [0.15, 0.2) is 0 Å². The SMILES string of the molecule is Cc1ccc2c(NS(=O)(=O)C(C)C)cccc2c1Oc1ncccc1-c1ccnc(N[C@H]2CCCNC2)n1. The van der Waals surface area contributed by atoms with Crippen LogP contribution >= 0.6 is 0 Å². The van der Waals surface area contributed by atoms with Crippen LogP contribution in [0.15, 0.2) is 60.9 Å². The Balaban J connectivity index is 1.50. The zero-order valence-electron chi connectivity index (χ0n) is 21.7. The van der Waals surface area contributed by atoms with E-state index < -0.39 is 15.3 Å². The monoisotopic (exact) mass is 532 g/mol. The summed E-state index contributed by atoms with van der Waals surface area (Å²) in [6.07, 6.45) is 5.59. The molecule has 38 heavy (non-hydrogen) atoms. The summed E-state index contributed by atoms with van der Waals surface area (Å²) in [7, 11) is -3.51. The summed E-state index contributed by atoms with van der Waals surface area (Å²) in [4.78, 5) is 13.7. The molecule has 0 aliphatic carbocycles. The molecule has 0 spiro atoms. The van der Waals surface area contributed by atoms with Gasteiger partial charge in [-0.2, -0.15) is 0 Å². The number of sulfonamides is 1. The number of nitrogens with zero attached hydrogens (tertiary/aromatic N) is 3. The van der Waals surface area contributed by atoms with Crippen LogP contribution in [0, 0.1) is 6.92 Å². The number of pyridine rings is 1. The van der Waals surface area contributed by atoms with Gasteiger partial charge in [0.1, 0.15) is 5.75 Å². The van der Waals surface area contributed by atoms with E-state index in [1.165, 1.54) is 0 Å². The summed E-state index contributed by atoms with van der Waals surface area (Å²) in [5.41, 5.74) is 2.82. The van der Waals surface area contributed by atoms with Gasteiger partial charge in [-0.25, -0.2) is 23.4 Å². The fourth-order valence-electron chi connectivity index (χ4n) is 4.43. The molecule has 198 valence electrons. The normalized spacial score (nSPS) is 15.9. The maximum atomic E-state index is 12.6. The van der Waals surface area contributed by atoms with Crippen molar-refractivity contribution in [3.8, 4) is 22.9 Å². The lowest BCUT2D eigenvalue weighted by Crippen LogP contribution is -2.38. The molecule has 5 rings (SSSR count). The van der Waals surface area contributed by atoms with Crippen LogP contribution in [0.25, 0.3) is 22.0 Å². The van der Waals surface area contributed by atoms with Crippen LogP contribution in [-0.4, -0.2) is 47.8 Å². The van der Waals surface area contributed by atoms with Crippen molar-refractivity contribution in [2.24, 2.45) is 0 Å². The molecule has 0 saturated carbocycles. The minimum atomic E-state index is -3.51. The van der Waals surface area contributed by atoms with E-state index in [4.69, 9.17) is 9.72 Å². The predicted molar refractivity (Wildman–Crippen MR) is 151 cm³/mol. The van der Waals surface area contributed by atoms with Gasteiger partial charge in [-0.05, 0) is 70.0 Å². The van der Waals surface area contributed by atoms with Crippen LogP contribution in [-0.2, 0) is 10.0 Å². The third-order valence-electron chi connectivity index (χ3n) is 6.61. The maximum Gasteiger partial charge on any atom is 0.235 e. The fourth-order valence-corrected chi connectivity index (χ4v) is 5.15. The number of anilines is 2. The molecule has 0 amide bonds. The molecule has 10 heteroatoms. The summed E-state index contributed by atoms with van der Waals surface area (Å²) in [5.74, 6) is 1.57. The van der Waals surface area contributed by atoms with Gasteiger partial charge in [0, 0.05) is 35.8 Å². The van der Waals surface area contributed by atoms with E-state index in [9.17, 15) is 8.42 Å². The zero-order chi connectivity index (χ0) is 26.7. The lowest BCUT2D eigenvalue weighted by Gasteiger charge is -2.23. The predicted octanol–water partition coefficient (Wildman–Crippen LogP) is 5.11. The lowest BCUT2D eigenvalue weighted by molar-refractivity contribution is 0.466. The Morgan fingerprint density at radius 3 is 2.68 bits per heavy atom. The molecular weight excluding hydrogens is 500 g/mol. The first-order valence-electron chi connectivity index (χ1n) is 12.8. The minimum Gasteiger partial charge on any atom is -0.437 e. The van der Waals surface area contributed by atoms with Gasteiger partial charge in [-0.1, -0.05) is 24.3 Å². The second-order valence-electron chi connectivity index (χ2n) is 9.72. The van der Waals surface area contributed by atoms with Crippen LogP contribution in [0.4, 0.5) is 11.6 Å². The molecule has 2 aromatic heterocycles. The highest BCUT2D eigenvalue weighted by Crippen LogP contribution is 2.38. The van der Waals surface area contributed by atoms with Gasteiger partial charge in [-0.15, -0.1) is 0 Å². The first-order valence-corrected chi connectivity index (χ1v) is 14.3. The molecule has 0 bridgehead atoms. The van der Waals surface area contributed by atoms with Crippen LogP contribution in [0.1, 0.15) is 32.3 Å².